The highest BCUT2D eigenvalue weighted by Crippen LogP contribution is 2.36. The number of ether oxygens (including phenoxy) is 1. The molecule has 1 amide bonds. The number of alkyl halides is 3. The standard InChI is InChI=1S/C16H19F3N2O2S/c17-16(18,19)24-14-5-3-11(4-6-14)15(22)20-8-13-9-21-7-1-2-12(21)10-23-13/h3-6,12-13H,1-2,7-10H2,(H,20,22)/t12-,13+/m0/s1. The summed E-state index contributed by atoms with van der Waals surface area (Å²) in [7, 11) is 0. The van der Waals surface area contributed by atoms with E-state index in [4.69, 9.17) is 4.74 Å². The van der Waals surface area contributed by atoms with Crippen LogP contribution in [0.2, 0.25) is 0 Å². The molecule has 2 atom stereocenters. The number of hydrogen-bond donors (Lipinski definition) is 1. The van der Waals surface area contributed by atoms with E-state index in [0.717, 1.165) is 13.1 Å². The Labute approximate surface area is 142 Å². The maximum absolute atomic E-state index is 12.3. The van der Waals surface area contributed by atoms with Crippen molar-refractivity contribution < 1.29 is 22.7 Å². The minimum absolute atomic E-state index is 0.0386. The Bertz CT molecular complexity index is 580. The van der Waals surface area contributed by atoms with E-state index in [9.17, 15) is 18.0 Å². The van der Waals surface area contributed by atoms with Crippen molar-refractivity contribution in [2.24, 2.45) is 0 Å². The molecule has 2 heterocycles. The zero-order valence-corrected chi connectivity index (χ0v) is 13.8. The molecule has 0 saturated carbocycles. The lowest BCUT2D eigenvalue weighted by molar-refractivity contribution is -0.0461. The van der Waals surface area contributed by atoms with Gasteiger partial charge in [0.25, 0.3) is 5.91 Å². The average molecular weight is 360 g/mol. The summed E-state index contributed by atoms with van der Waals surface area (Å²) in [5, 5.41) is 2.80. The van der Waals surface area contributed by atoms with Crippen molar-refractivity contribution in [3.05, 3.63) is 29.8 Å². The van der Waals surface area contributed by atoms with Crippen molar-refractivity contribution in [3.63, 3.8) is 0 Å². The number of morpholine rings is 1. The fourth-order valence-electron chi connectivity index (χ4n) is 3.13. The van der Waals surface area contributed by atoms with Crippen molar-refractivity contribution in [2.45, 2.75) is 35.4 Å². The van der Waals surface area contributed by atoms with E-state index in [1.807, 2.05) is 0 Å². The lowest BCUT2D eigenvalue weighted by Crippen LogP contribution is -2.50. The van der Waals surface area contributed by atoms with Crippen LogP contribution >= 0.6 is 11.8 Å². The molecule has 0 spiro atoms. The number of carbonyl (C=O) groups is 1. The molecule has 1 N–H and O–H groups in total. The number of fused-ring (bicyclic) bond motifs is 1. The van der Waals surface area contributed by atoms with E-state index < -0.39 is 5.51 Å². The van der Waals surface area contributed by atoms with Crippen LogP contribution < -0.4 is 5.32 Å². The third kappa shape index (κ3) is 4.64. The van der Waals surface area contributed by atoms with Crippen LogP contribution in [0.15, 0.2) is 29.2 Å². The zero-order valence-electron chi connectivity index (χ0n) is 13.0. The van der Waals surface area contributed by atoms with Gasteiger partial charge in [0, 0.05) is 29.6 Å². The van der Waals surface area contributed by atoms with Crippen molar-refractivity contribution in [1.82, 2.24) is 10.2 Å². The molecular formula is C16H19F3N2O2S. The first-order valence-electron chi connectivity index (χ1n) is 7.90. The topological polar surface area (TPSA) is 41.6 Å². The fourth-order valence-corrected chi connectivity index (χ4v) is 3.67. The highest BCUT2D eigenvalue weighted by Gasteiger charge is 2.32. The second-order valence-electron chi connectivity index (χ2n) is 6.03. The van der Waals surface area contributed by atoms with Gasteiger partial charge in [0.1, 0.15) is 0 Å². The van der Waals surface area contributed by atoms with Crippen LogP contribution in [0, 0.1) is 0 Å². The molecule has 24 heavy (non-hydrogen) atoms. The quantitative estimate of drug-likeness (QED) is 0.839. The van der Waals surface area contributed by atoms with Gasteiger partial charge in [-0.25, -0.2) is 0 Å². The molecule has 1 aromatic rings. The molecule has 0 aromatic heterocycles. The maximum atomic E-state index is 12.3. The van der Waals surface area contributed by atoms with E-state index in [2.05, 4.69) is 10.2 Å². The molecule has 2 saturated heterocycles. The van der Waals surface area contributed by atoms with Crippen LogP contribution in [0.5, 0.6) is 0 Å². The highest BCUT2D eigenvalue weighted by atomic mass is 32.2. The van der Waals surface area contributed by atoms with Crippen molar-refractivity contribution >= 4 is 17.7 Å². The first-order valence-corrected chi connectivity index (χ1v) is 8.72. The number of carbonyl (C=O) groups excluding carboxylic acids is 1. The number of hydrogen-bond acceptors (Lipinski definition) is 4. The molecule has 0 radical (unpaired) electrons. The van der Waals surface area contributed by atoms with E-state index in [0.29, 0.717) is 24.8 Å². The number of thioether (sulfide) groups is 1. The lowest BCUT2D eigenvalue weighted by Gasteiger charge is -2.35. The van der Waals surface area contributed by atoms with Crippen molar-refractivity contribution in [2.75, 3.05) is 26.2 Å². The van der Waals surface area contributed by atoms with Crippen LogP contribution in [0.3, 0.4) is 0 Å². The second kappa shape index (κ2) is 7.33. The predicted octanol–water partition coefficient (Wildman–Crippen LogP) is 2.89. The zero-order chi connectivity index (χ0) is 17.2. The van der Waals surface area contributed by atoms with Crippen LogP contribution in [-0.2, 0) is 4.74 Å². The van der Waals surface area contributed by atoms with Gasteiger partial charge in [0.2, 0.25) is 0 Å². The number of rotatable bonds is 4. The molecule has 0 aliphatic carbocycles. The summed E-state index contributed by atoms with van der Waals surface area (Å²) in [4.78, 5) is 14.6. The highest BCUT2D eigenvalue weighted by molar-refractivity contribution is 8.00. The maximum Gasteiger partial charge on any atom is 0.446 e. The summed E-state index contributed by atoms with van der Waals surface area (Å²) < 4.78 is 42.6. The minimum Gasteiger partial charge on any atom is -0.373 e. The van der Waals surface area contributed by atoms with E-state index >= 15 is 0 Å². The van der Waals surface area contributed by atoms with Gasteiger partial charge in [0.15, 0.2) is 0 Å². The summed E-state index contributed by atoms with van der Waals surface area (Å²) in [5.41, 5.74) is -3.98. The van der Waals surface area contributed by atoms with Crippen LogP contribution in [0.25, 0.3) is 0 Å². The van der Waals surface area contributed by atoms with Gasteiger partial charge in [0.05, 0.1) is 12.7 Å². The molecule has 1 aromatic carbocycles. The fraction of sp³-hybridized carbons (Fsp3) is 0.562. The molecule has 2 fully saturated rings. The number of halogens is 3. The van der Waals surface area contributed by atoms with E-state index in [1.165, 1.54) is 37.1 Å². The summed E-state index contributed by atoms with van der Waals surface area (Å²) in [6, 6.07) is 5.93. The van der Waals surface area contributed by atoms with Gasteiger partial charge in [-0.1, -0.05) is 0 Å². The third-order valence-electron chi connectivity index (χ3n) is 4.30. The monoisotopic (exact) mass is 360 g/mol. The lowest BCUT2D eigenvalue weighted by atomic mass is 10.1. The van der Waals surface area contributed by atoms with Crippen LogP contribution in [-0.4, -0.2) is 54.7 Å². The normalized spacial score (nSPS) is 24.6. The molecule has 3 rings (SSSR count). The van der Waals surface area contributed by atoms with Gasteiger partial charge in [-0.05, 0) is 55.4 Å². The minimum atomic E-state index is -4.32. The Morgan fingerprint density at radius 2 is 2.08 bits per heavy atom. The third-order valence-corrected chi connectivity index (χ3v) is 5.04. The number of nitrogens with zero attached hydrogens (tertiary/aromatic N) is 1. The Morgan fingerprint density at radius 3 is 2.79 bits per heavy atom. The number of nitrogens with one attached hydrogen (secondary N) is 1. The molecule has 2 aliphatic heterocycles. The van der Waals surface area contributed by atoms with Crippen molar-refractivity contribution in [1.29, 1.82) is 0 Å². The first-order chi connectivity index (χ1) is 11.4. The van der Waals surface area contributed by atoms with E-state index in [-0.39, 0.29) is 28.7 Å². The largest absolute Gasteiger partial charge is 0.446 e. The number of amides is 1. The van der Waals surface area contributed by atoms with Gasteiger partial charge in [-0.3, -0.25) is 9.69 Å². The van der Waals surface area contributed by atoms with Gasteiger partial charge in [-0.15, -0.1) is 0 Å². The molecule has 8 heteroatoms. The smallest absolute Gasteiger partial charge is 0.373 e. The molecule has 0 unspecified atom stereocenters. The van der Waals surface area contributed by atoms with E-state index in [1.54, 1.807) is 0 Å². The average Bonchev–Trinajstić information content (AvgIpc) is 2.99. The first kappa shape index (κ1) is 17.6. The van der Waals surface area contributed by atoms with Crippen LogP contribution in [0.1, 0.15) is 23.2 Å². The SMILES string of the molecule is O=C(NC[C@@H]1CN2CCC[C@H]2CO1)c1ccc(SC(F)(F)F)cc1. The summed E-state index contributed by atoms with van der Waals surface area (Å²) >= 11 is -0.191. The summed E-state index contributed by atoms with van der Waals surface area (Å²) in [6.07, 6.45) is 2.32. The summed E-state index contributed by atoms with van der Waals surface area (Å²) in [5.74, 6) is -0.300. The van der Waals surface area contributed by atoms with Gasteiger partial charge in [-0.2, -0.15) is 13.2 Å². The Hall–Kier alpha value is -1.25. The van der Waals surface area contributed by atoms with Crippen molar-refractivity contribution in [3.8, 4) is 0 Å². The molecule has 2 aliphatic rings. The molecule has 132 valence electrons. The van der Waals surface area contributed by atoms with Gasteiger partial charge < -0.3 is 10.1 Å². The molecular weight excluding hydrogens is 341 g/mol. The number of benzene rings is 1. The summed E-state index contributed by atoms with van der Waals surface area (Å²) in [6.45, 7) is 2.99. The Kier molecular flexibility index (Phi) is 5.36. The molecule has 0 bridgehead atoms. The Morgan fingerprint density at radius 1 is 1.33 bits per heavy atom. The van der Waals surface area contributed by atoms with Crippen LogP contribution in [0.4, 0.5) is 13.2 Å². The van der Waals surface area contributed by atoms with Gasteiger partial charge >= 0.3 is 5.51 Å². The Balaban J connectivity index is 1.48. The predicted molar refractivity (Wildman–Crippen MR) is 85.0 cm³/mol. The molecule has 4 nitrogen and oxygen atoms in total. The second-order valence-corrected chi connectivity index (χ2v) is 7.17.